The third-order valence-corrected chi connectivity index (χ3v) is 2.98. The molecule has 1 aliphatic heterocycles. The molecule has 1 fully saturated rings. The maximum Gasteiger partial charge on any atom is 0.326 e. The predicted octanol–water partition coefficient (Wildman–Crippen LogP) is 1.46. The van der Waals surface area contributed by atoms with Crippen molar-refractivity contribution in [3.8, 4) is 0 Å². The first kappa shape index (κ1) is 13.5. The highest BCUT2D eigenvalue weighted by atomic mass is 16.4. The molecule has 17 heavy (non-hydrogen) atoms. The summed E-state index contributed by atoms with van der Waals surface area (Å²) < 4.78 is 0. The van der Waals surface area contributed by atoms with Gasteiger partial charge in [-0.25, -0.2) is 9.59 Å². The summed E-state index contributed by atoms with van der Waals surface area (Å²) in [7, 11) is 0. The van der Waals surface area contributed by atoms with Crippen molar-refractivity contribution in [3.05, 3.63) is 11.6 Å². The summed E-state index contributed by atoms with van der Waals surface area (Å²) in [5.41, 5.74) is 1.12. The van der Waals surface area contributed by atoms with Gasteiger partial charge in [-0.15, -0.1) is 0 Å². The number of hydrogen-bond acceptors (Lipinski definition) is 2. The summed E-state index contributed by atoms with van der Waals surface area (Å²) in [5.74, 6) is -0.908. The van der Waals surface area contributed by atoms with Crippen LogP contribution in [0.4, 0.5) is 4.79 Å². The second kappa shape index (κ2) is 5.70. The number of carboxylic acids is 1. The van der Waals surface area contributed by atoms with Crippen LogP contribution in [0.3, 0.4) is 0 Å². The molecule has 0 aromatic heterocycles. The topological polar surface area (TPSA) is 69.6 Å². The van der Waals surface area contributed by atoms with Crippen LogP contribution < -0.4 is 5.32 Å². The third kappa shape index (κ3) is 3.47. The SMILES string of the molecule is CC(C)=CCNC(=O)N1CCC(C)C1C(=O)O. The Labute approximate surface area is 101 Å². The van der Waals surface area contributed by atoms with Crippen LogP contribution >= 0.6 is 0 Å². The van der Waals surface area contributed by atoms with E-state index < -0.39 is 12.0 Å². The smallest absolute Gasteiger partial charge is 0.326 e. The molecular weight excluding hydrogens is 220 g/mol. The molecule has 1 aliphatic rings. The van der Waals surface area contributed by atoms with E-state index >= 15 is 0 Å². The van der Waals surface area contributed by atoms with Crippen LogP contribution in [0.1, 0.15) is 27.2 Å². The fourth-order valence-corrected chi connectivity index (χ4v) is 2.00. The van der Waals surface area contributed by atoms with Gasteiger partial charge in [0.1, 0.15) is 6.04 Å². The van der Waals surface area contributed by atoms with E-state index in [1.54, 1.807) is 0 Å². The number of carbonyl (C=O) groups excluding carboxylic acids is 1. The van der Waals surface area contributed by atoms with E-state index in [0.29, 0.717) is 13.1 Å². The standard InChI is InChI=1S/C12H20N2O3/c1-8(2)4-6-13-12(17)14-7-5-9(3)10(14)11(15)16/h4,9-10H,5-7H2,1-3H3,(H,13,17)(H,15,16). The van der Waals surface area contributed by atoms with Crippen molar-refractivity contribution in [1.29, 1.82) is 0 Å². The summed E-state index contributed by atoms with van der Waals surface area (Å²) in [5, 5.41) is 11.8. The van der Waals surface area contributed by atoms with Crippen molar-refractivity contribution < 1.29 is 14.7 Å². The van der Waals surface area contributed by atoms with E-state index in [2.05, 4.69) is 5.32 Å². The van der Waals surface area contributed by atoms with Crippen LogP contribution in [-0.4, -0.2) is 41.1 Å². The number of nitrogens with zero attached hydrogens (tertiary/aromatic N) is 1. The van der Waals surface area contributed by atoms with Crippen molar-refractivity contribution >= 4 is 12.0 Å². The second-order valence-corrected chi connectivity index (χ2v) is 4.71. The number of likely N-dealkylation sites (tertiary alicyclic amines) is 1. The van der Waals surface area contributed by atoms with Gasteiger partial charge in [0.2, 0.25) is 0 Å². The molecule has 5 nitrogen and oxygen atoms in total. The Morgan fingerprint density at radius 2 is 2.12 bits per heavy atom. The average molecular weight is 240 g/mol. The minimum absolute atomic E-state index is 0.0155. The zero-order valence-corrected chi connectivity index (χ0v) is 10.6. The number of allylic oxidation sites excluding steroid dienone is 1. The van der Waals surface area contributed by atoms with Gasteiger partial charge in [-0.3, -0.25) is 0 Å². The van der Waals surface area contributed by atoms with Crippen LogP contribution in [0.25, 0.3) is 0 Å². The van der Waals surface area contributed by atoms with Crippen molar-refractivity contribution in [2.75, 3.05) is 13.1 Å². The Balaban J connectivity index is 2.57. The fourth-order valence-electron chi connectivity index (χ4n) is 2.00. The fraction of sp³-hybridized carbons (Fsp3) is 0.667. The monoisotopic (exact) mass is 240 g/mol. The first-order valence-electron chi connectivity index (χ1n) is 5.84. The quantitative estimate of drug-likeness (QED) is 0.734. The molecule has 0 radical (unpaired) electrons. The summed E-state index contributed by atoms with van der Waals surface area (Å²) in [4.78, 5) is 24.3. The second-order valence-electron chi connectivity index (χ2n) is 4.71. The molecule has 1 saturated heterocycles. The Bertz CT molecular complexity index is 335. The molecule has 0 aromatic carbocycles. The first-order valence-corrected chi connectivity index (χ1v) is 5.84. The lowest BCUT2D eigenvalue weighted by Crippen LogP contribution is -2.47. The van der Waals surface area contributed by atoms with Gasteiger partial charge in [-0.1, -0.05) is 18.6 Å². The molecule has 2 atom stereocenters. The number of aliphatic carboxylic acids is 1. The van der Waals surface area contributed by atoms with Gasteiger partial charge in [0.15, 0.2) is 0 Å². The Kier molecular flexibility index (Phi) is 4.54. The van der Waals surface area contributed by atoms with E-state index in [1.165, 1.54) is 4.90 Å². The van der Waals surface area contributed by atoms with Gasteiger partial charge in [0.25, 0.3) is 0 Å². The third-order valence-electron chi connectivity index (χ3n) is 2.98. The molecule has 0 bridgehead atoms. The lowest BCUT2D eigenvalue weighted by molar-refractivity contribution is -0.142. The molecule has 0 saturated carbocycles. The molecule has 0 spiro atoms. The molecule has 96 valence electrons. The molecule has 1 heterocycles. The largest absolute Gasteiger partial charge is 0.480 e. The molecule has 0 aromatic rings. The number of urea groups is 1. The number of carboxylic acid groups (broad SMARTS) is 1. The highest BCUT2D eigenvalue weighted by molar-refractivity contribution is 5.83. The molecule has 2 N–H and O–H groups in total. The number of amides is 2. The first-order chi connectivity index (χ1) is 7.93. The van der Waals surface area contributed by atoms with Gasteiger partial charge >= 0.3 is 12.0 Å². The minimum Gasteiger partial charge on any atom is -0.480 e. The van der Waals surface area contributed by atoms with Gasteiger partial charge in [0, 0.05) is 13.1 Å². The number of carbonyl (C=O) groups is 2. The van der Waals surface area contributed by atoms with Crippen molar-refractivity contribution in [2.45, 2.75) is 33.2 Å². The number of nitrogens with one attached hydrogen (secondary N) is 1. The van der Waals surface area contributed by atoms with Gasteiger partial charge in [-0.05, 0) is 26.2 Å². The summed E-state index contributed by atoms with van der Waals surface area (Å²) in [6.07, 6.45) is 2.64. The van der Waals surface area contributed by atoms with Crippen LogP contribution in [0.15, 0.2) is 11.6 Å². The Morgan fingerprint density at radius 1 is 1.47 bits per heavy atom. The highest BCUT2D eigenvalue weighted by Crippen LogP contribution is 2.23. The maximum absolute atomic E-state index is 11.8. The Morgan fingerprint density at radius 3 is 2.65 bits per heavy atom. The van der Waals surface area contributed by atoms with Crippen molar-refractivity contribution in [2.24, 2.45) is 5.92 Å². The summed E-state index contributed by atoms with van der Waals surface area (Å²) >= 11 is 0. The van der Waals surface area contributed by atoms with E-state index in [1.807, 2.05) is 26.8 Å². The molecule has 0 aliphatic carbocycles. The van der Waals surface area contributed by atoms with Crippen LogP contribution in [0.2, 0.25) is 0 Å². The zero-order valence-electron chi connectivity index (χ0n) is 10.6. The zero-order chi connectivity index (χ0) is 13.0. The molecular formula is C12H20N2O3. The van der Waals surface area contributed by atoms with Gasteiger partial charge in [-0.2, -0.15) is 0 Å². The van der Waals surface area contributed by atoms with E-state index in [-0.39, 0.29) is 11.9 Å². The highest BCUT2D eigenvalue weighted by Gasteiger charge is 2.39. The van der Waals surface area contributed by atoms with Crippen molar-refractivity contribution in [3.63, 3.8) is 0 Å². The van der Waals surface area contributed by atoms with E-state index in [0.717, 1.165) is 12.0 Å². The molecule has 2 unspecified atom stereocenters. The molecule has 2 amide bonds. The normalized spacial score (nSPS) is 23.4. The predicted molar refractivity (Wildman–Crippen MR) is 64.7 cm³/mol. The lowest BCUT2D eigenvalue weighted by Gasteiger charge is -2.23. The molecule has 5 heteroatoms. The van der Waals surface area contributed by atoms with Crippen LogP contribution in [-0.2, 0) is 4.79 Å². The van der Waals surface area contributed by atoms with Crippen LogP contribution in [0.5, 0.6) is 0 Å². The van der Waals surface area contributed by atoms with Crippen LogP contribution in [0, 0.1) is 5.92 Å². The lowest BCUT2D eigenvalue weighted by atomic mass is 10.0. The van der Waals surface area contributed by atoms with Gasteiger partial charge < -0.3 is 15.3 Å². The Hall–Kier alpha value is -1.52. The summed E-state index contributed by atoms with van der Waals surface area (Å²) in [6.45, 7) is 6.72. The summed E-state index contributed by atoms with van der Waals surface area (Å²) in [6, 6.07) is -0.985. The minimum atomic E-state index is -0.924. The maximum atomic E-state index is 11.8. The number of hydrogen-bond donors (Lipinski definition) is 2. The van der Waals surface area contributed by atoms with E-state index in [9.17, 15) is 9.59 Å². The van der Waals surface area contributed by atoms with Gasteiger partial charge in [0.05, 0.1) is 0 Å². The number of rotatable bonds is 3. The molecule has 1 rings (SSSR count). The van der Waals surface area contributed by atoms with Crippen molar-refractivity contribution in [1.82, 2.24) is 10.2 Å². The average Bonchev–Trinajstić information content (AvgIpc) is 2.59. The van der Waals surface area contributed by atoms with E-state index in [4.69, 9.17) is 5.11 Å².